The van der Waals surface area contributed by atoms with E-state index < -0.39 is 38.8 Å². The van der Waals surface area contributed by atoms with E-state index in [-0.39, 0.29) is 23.0 Å². The quantitative estimate of drug-likeness (QED) is 0.540. The van der Waals surface area contributed by atoms with E-state index in [1.807, 2.05) is 0 Å². The maximum Gasteiger partial charge on any atom is 0.339 e. The molecule has 0 aliphatic heterocycles. The number of benzene rings is 2. The Balaban J connectivity index is 2.22. The fraction of sp³-hybridized carbons (Fsp3) is 0.222. The van der Waals surface area contributed by atoms with E-state index in [1.54, 1.807) is 25.1 Å². The standard InChI is InChI=1S/C18H18O8S/c1-11-5-3-4-6-15(11)27(23,24)10-9-25-14-8-7-13(18(21)22)16(20)17(14)26-12(2)19/h3-8,20H,9-10H2,1-2H3,(H,21,22). The van der Waals surface area contributed by atoms with Gasteiger partial charge in [-0.15, -0.1) is 0 Å². The van der Waals surface area contributed by atoms with Gasteiger partial charge in [-0.25, -0.2) is 13.2 Å². The van der Waals surface area contributed by atoms with Gasteiger partial charge in [-0.2, -0.15) is 0 Å². The number of ether oxygens (including phenoxy) is 2. The molecule has 2 aromatic carbocycles. The van der Waals surface area contributed by atoms with Crippen LogP contribution in [0.1, 0.15) is 22.8 Å². The van der Waals surface area contributed by atoms with Crippen LogP contribution < -0.4 is 9.47 Å². The van der Waals surface area contributed by atoms with Crippen molar-refractivity contribution in [2.75, 3.05) is 12.4 Å². The summed E-state index contributed by atoms with van der Waals surface area (Å²) in [4.78, 5) is 22.5. The van der Waals surface area contributed by atoms with Gasteiger partial charge in [0.15, 0.2) is 21.3 Å². The Labute approximate surface area is 155 Å². The first-order chi connectivity index (χ1) is 12.6. The topological polar surface area (TPSA) is 127 Å². The van der Waals surface area contributed by atoms with Crippen LogP contribution in [-0.4, -0.2) is 42.9 Å². The molecule has 27 heavy (non-hydrogen) atoms. The summed E-state index contributed by atoms with van der Waals surface area (Å²) in [6, 6.07) is 8.75. The maximum absolute atomic E-state index is 12.4. The number of esters is 1. The zero-order chi connectivity index (χ0) is 20.2. The lowest BCUT2D eigenvalue weighted by Gasteiger charge is -2.14. The third kappa shape index (κ3) is 4.76. The normalized spacial score (nSPS) is 11.0. The molecule has 0 aromatic heterocycles. The van der Waals surface area contributed by atoms with Crippen molar-refractivity contribution in [1.82, 2.24) is 0 Å². The number of carbonyl (C=O) groups excluding carboxylic acids is 1. The maximum atomic E-state index is 12.4. The molecule has 0 aliphatic rings. The van der Waals surface area contributed by atoms with Gasteiger partial charge in [0.1, 0.15) is 12.2 Å². The molecule has 9 heteroatoms. The minimum atomic E-state index is -3.62. The monoisotopic (exact) mass is 394 g/mol. The van der Waals surface area contributed by atoms with E-state index in [0.29, 0.717) is 5.56 Å². The van der Waals surface area contributed by atoms with Crippen molar-refractivity contribution in [3.63, 3.8) is 0 Å². The fourth-order valence-corrected chi connectivity index (χ4v) is 3.73. The van der Waals surface area contributed by atoms with E-state index >= 15 is 0 Å². The summed E-state index contributed by atoms with van der Waals surface area (Å²) in [6.45, 7) is 2.45. The largest absolute Gasteiger partial charge is 0.504 e. The summed E-state index contributed by atoms with van der Waals surface area (Å²) >= 11 is 0. The van der Waals surface area contributed by atoms with Crippen LogP contribution in [0.4, 0.5) is 0 Å². The van der Waals surface area contributed by atoms with E-state index in [4.69, 9.17) is 14.6 Å². The molecule has 0 aliphatic carbocycles. The first kappa shape index (κ1) is 20.2. The van der Waals surface area contributed by atoms with Crippen LogP contribution in [0.3, 0.4) is 0 Å². The molecule has 0 saturated heterocycles. The van der Waals surface area contributed by atoms with Crippen molar-refractivity contribution >= 4 is 21.8 Å². The highest BCUT2D eigenvalue weighted by Crippen LogP contribution is 2.39. The van der Waals surface area contributed by atoms with Crippen molar-refractivity contribution in [1.29, 1.82) is 0 Å². The Bertz CT molecular complexity index is 979. The highest BCUT2D eigenvalue weighted by molar-refractivity contribution is 7.91. The molecule has 0 atom stereocenters. The van der Waals surface area contributed by atoms with Crippen molar-refractivity contribution in [2.45, 2.75) is 18.7 Å². The molecule has 0 radical (unpaired) electrons. The van der Waals surface area contributed by atoms with Crippen LogP contribution in [0.5, 0.6) is 17.2 Å². The van der Waals surface area contributed by atoms with Gasteiger partial charge >= 0.3 is 11.9 Å². The lowest BCUT2D eigenvalue weighted by molar-refractivity contribution is -0.132. The van der Waals surface area contributed by atoms with E-state index in [0.717, 1.165) is 13.0 Å². The van der Waals surface area contributed by atoms with Crippen molar-refractivity contribution in [2.24, 2.45) is 0 Å². The number of sulfone groups is 1. The summed E-state index contributed by atoms with van der Waals surface area (Å²) in [5.74, 6) is -3.99. The predicted molar refractivity (Wildman–Crippen MR) is 95.1 cm³/mol. The molecule has 0 heterocycles. The number of hydrogen-bond acceptors (Lipinski definition) is 7. The zero-order valence-corrected chi connectivity index (χ0v) is 15.4. The number of carbonyl (C=O) groups is 2. The number of aromatic hydroxyl groups is 1. The minimum absolute atomic E-state index is 0.146. The molecule has 0 spiro atoms. The van der Waals surface area contributed by atoms with Gasteiger partial charge in [0.2, 0.25) is 5.75 Å². The Morgan fingerprint density at radius 1 is 1.11 bits per heavy atom. The van der Waals surface area contributed by atoms with Gasteiger partial charge in [0.25, 0.3) is 0 Å². The van der Waals surface area contributed by atoms with E-state index in [1.165, 1.54) is 12.1 Å². The molecule has 144 valence electrons. The fourth-order valence-electron chi connectivity index (χ4n) is 2.36. The first-order valence-electron chi connectivity index (χ1n) is 7.82. The summed E-state index contributed by atoms with van der Waals surface area (Å²) in [7, 11) is -3.62. The van der Waals surface area contributed by atoms with Gasteiger partial charge in [-0.05, 0) is 30.7 Å². The first-order valence-corrected chi connectivity index (χ1v) is 9.47. The smallest absolute Gasteiger partial charge is 0.339 e. The SMILES string of the molecule is CC(=O)Oc1c(OCCS(=O)(=O)c2ccccc2C)ccc(C(=O)O)c1O. The summed E-state index contributed by atoms with van der Waals surface area (Å²) in [5.41, 5.74) is 0.118. The van der Waals surface area contributed by atoms with Crippen molar-refractivity contribution in [3.8, 4) is 17.2 Å². The Hall–Kier alpha value is -3.07. The second kappa shape index (κ2) is 8.09. The van der Waals surface area contributed by atoms with Crippen LogP contribution in [0.25, 0.3) is 0 Å². The lowest BCUT2D eigenvalue weighted by atomic mass is 10.1. The number of aromatic carboxylic acids is 1. The third-order valence-corrected chi connectivity index (χ3v) is 5.44. The van der Waals surface area contributed by atoms with Crippen molar-refractivity contribution in [3.05, 3.63) is 47.5 Å². The molecule has 2 N–H and O–H groups in total. The molecule has 0 saturated carbocycles. The predicted octanol–water partition coefficient (Wildman–Crippen LogP) is 2.18. The van der Waals surface area contributed by atoms with E-state index in [9.17, 15) is 23.1 Å². The molecule has 0 unspecified atom stereocenters. The molecule has 8 nitrogen and oxygen atoms in total. The Kier molecular flexibility index (Phi) is 6.06. The van der Waals surface area contributed by atoms with Gasteiger partial charge in [0.05, 0.1) is 10.6 Å². The van der Waals surface area contributed by atoms with Gasteiger partial charge in [-0.1, -0.05) is 18.2 Å². The highest BCUT2D eigenvalue weighted by Gasteiger charge is 2.22. The Morgan fingerprint density at radius 3 is 2.37 bits per heavy atom. The summed E-state index contributed by atoms with van der Waals surface area (Å²) < 4.78 is 35.0. The lowest BCUT2D eigenvalue weighted by Crippen LogP contribution is -2.16. The average molecular weight is 394 g/mol. The number of carboxylic acids is 1. The van der Waals surface area contributed by atoms with Crippen LogP contribution in [0.15, 0.2) is 41.3 Å². The van der Waals surface area contributed by atoms with Crippen molar-refractivity contribution < 1.29 is 37.7 Å². The molecule has 2 aromatic rings. The molecule has 0 amide bonds. The third-order valence-electron chi connectivity index (χ3n) is 3.61. The number of aryl methyl sites for hydroxylation is 1. The number of hydrogen-bond donors (Lipinski definition) is 2. The second-order valence-electron chi connectivity index (χ2n) is 5.62. The second-order valence-corrected chi connectivity index (χ2v) is 7.70. The number of rotatable bonds is 7. The minimum Gasteiger partial charge on any atom is -0.504 e. The molecule has 0 fully saturated rings. The molecule has 0 bridgehead atoms. The van der Waals surface area contributed by atoms with Gasteiger partial charge < -0.3 is 19.7 Å². The van der Waals surface area contributed by atoms with E-state index in [2.05, 4.69) is 0 Å². The summed E-state index contributed by atoms with van der Waals surface area (Å²) in [6.07, 6.45) is 0. The van der Waals surface area contributed by atoms with Crippen LogP contribution in [0, 0.1) is 6.92 Å². The highest BCUT2D eigenvalue weighted by atomic mass is 32.2. The Morgan fingerprint density at radius 2 is 1.78 bits per heavy atom. The summed E-state index contributed by atoms with van der Waals surface area (Å²) in [5, 5.41) is 19.0. The van der Waals surface area contributed by atoms with Gasteiger partial charge in [-0.3, -0.25) is 4.79 Å². The number of carboxylic acid groups (broad SMARTS) is 1. The molecule has 2 rings (SSSR count). The zero-order valence-electron chi connectivity index (χ0n) is 14.6. The van der Waals surface area contributed by atoms with Crippen LogP contribution in [0.2, 0.25) is 0 Å². The average Bonchev–Trinajstić information content (AvgIpc) is 2.57. The van der Waals surface area contributed by atoms with Crippen LogP contribution in [-0.2, 0) is 14.6 Å². The van der Waals surface area contributed by atoms with Crippen LogP contribution >= 0.6 is 0 Å². The molecular formula is C18H18O8S. The van der Waals surface area contributed by atoms with Gasteiger partial charge in [0, 0.05) is 6.92 Å². The number of phenols is 1. The molecular weight excluding hydrogens is 376 g/mol.